The largest absolute Gasteiger partial charge is 0.496 e. The number of hydrogen-bond acceptors (Lipinski definition) is 4. The summed E-state index contributed by atoms with van der Waals surface area (Å²) in [6, 6.07) is 16.1. The Balaban J connectivity index is 1.40. The SMILES string of the molecule is COc1ccccc1C(=O)N1CCC[C@H](C(=O)N2CCN(c3cccc(C)c3)C(C)C2)C1. The Kier molecular flexibility index (Phi) is 6.68. The molecule has 1 unspecified atom stereocenters. The molecule has 2 saturated heterocycles. The first kappa shape index (κ1) is 22.2. The van der Waals surface area contributed by atoms with Crippen molar-refractivity contribution in [1.29, 1.82) is 0 Å². The average Bonchev–Trinajstić information content (AvgIpc) is 2.83. The molecule has 0 aliphatic carbocycles. The Morgan fingerprint density at radius 1 is 0.969 bits per heavy atom. The molecule has 6 heteroatoms. The molecule has 0 saturated carbocycles. The summed E-state index contributed by atoms with van der Waals surface area (Å²) in [5.41, 5.74) is 3.02. The number of carbonyl (C=O) groups excluding carboxylic acids is 2. The fraction of sp³-hybridized carbons (Fsp3) is 0.462. The molecule has 6 nitrogen and oxygen atoms in total. The number of nitrogens with zero attached hydrogens (tertiary/aromatic N) is 3. The molecule has 4 rings (SSSR count). The molecule has 0 bridgehead atoms. The highest BCUT2D eigenvalue weighted by molar-refractivity contribution is 5.97. The van der Waals surface area contributed by atoms with E-state index in [0.717, 1.165) is 19.4 Å². The standard InChI is InChI=1S/C26H33N3O3/c1-19-8-6-10-22(16-19)29-15-14-28(17-20(29)2)25(30)21-9-7-13-27(18-21)26(31)23-11-4-5-12-24(23)32-3/h4-6,8,10-12,16,20-21H,7,9,13-15,17-18H2,1-3H3/t20?,21-/m0/s1. The molecule has 2 amide bonds. The maximum atomic E-state index is 13.4. The molecule has 0 spiro atoms. The van der Waals surface area contributed by atoms with Gasteiger partial charge in [-0.15, -0.1) is 0 Å². The zero-order valence-corrected chi connectivity index (χ0v) is 19.3. The Morgan fingerprint density at radius 2 is 1.78 bits per heavy atom. The number of likely N-dealkylation sites (tertiary alicyclic amines) is 1. The lowest BCUT2D eigenvalue weighted by molar-refractivity contribution is -0.137. The summed E-state index contributed by atoms with van der Waals surface area (Å²) >= 11 is 0. The van der Waals surface area contributed by atoms with Crippen molar-refractivity contribution >= 4 is 17.5 Å². The maximum Gasteiger partial charge on any atom is 0.257 e. The molecule has 2 aliphatic heterocycles. The maximum absolute atomic E-state index is 13.4. The van der Waals surface area contributed by atoms with Crippen LogP contribution < -0.4 is 9.64 Å². The summed E-state index contributed by atoms with van der Waals surface area (Å²) in [5.74, 6) is 0.558. The molecule has 2 aromatic carbocycles. The van der Waals surface area contributed by atoms with Gasteiger partial charge in [0.1, 0.15) is 5.75 Å². The highest BCUT2D eigenvalue weighted by Gasteiger charge is 2.35. The smallest absolute Gasteiger partial charge is 0.257 e. The van der Waals surface area contributed by atoms with Gasteiger partial charge in [-0.25, -0.2) is 0 Å². The van der Waals surface area contributed by atoms with Crippen LogP contribution in [-0.2, 0) is 4.79 Å². The molecule has 2 atom stereocenters. The highest BCUT2D eigenvalue weighted by atomic mass is 16.5. The van der Waals surface area contributed by atoms with Crippen LogP contribution in [0, 0.1) is 12.8 Å². The van der Waals surface area contributed by atoms with Crippen molar-refractivity contribution in [2.45, 2.75) is 32.7 Å². The Morgan fingerprint density at radius 3 is 2.53 bits per heavy atom. The molecule has 0 N–H and O–H groups in total. The number of rotatable bonds is 4. The monoisotopic (exact) mass is 435 g/mol. The molecule has 2 aromatic rings. The zero-order valence-electron chi connectivity index (χ0n) is 19.3. The van der Waals surface area contributed by atoms with Gasteiger partial charge in [-0.2, -0.15) is 0 Å². The summed E-state index contributed by atoms with van der Waals surface area (Å²) in [6.45, 7) is 7.69. The van der Waals surface area contributed by atoms with E-state index >= 15 is 0 Å². The van der Waals surface area contributed by atoms with E-state index < -0.39 is 0 Å². The lowest BCUT2D eigenvalue weighted by Crippen LogP contribution is -2.56. The van der Waals surface area contributed by atoms with Crippen molar-refractivity contribution in [2.75, 3.05) is 44.7 Å². The van der Waals surface area contributed by atoms with Crippen LogP contribution in [-0.4, -0.2) is 67.5 Å². The molecule has 2 fully saturated rings. The summed E-state index contributed by atoms with van der Waals surface area (Å²) in [4.78, 5) is 32.7. The summed E-state index contributed by atoms with van der Waals surface area (Å²) in [5, 5.41) is 0. The van der Waals surface area contributed by atoms with Crippen LogP contribution in [0.5, 0.6) is 5.75 Å². The van der Waals surface area contributed by atoms with Gasteiger partial charge in [-0.05, 0) is 56.5 Å². The van der Waals surface area contributed by atoms with Gasteiger partial charge < -0.3 is 19.4 Å². The van der Waals surface area contributed by atoms with E-state index in [4.69, 9.17) is 4.74 Å². The second-order valence-corrected chi connectivity index (χ2v) is 8.96. The number of methoxy groups -OCH3 is 1. The number of carbonyl (C=O) groups is 2. The van der Waals surface area contributed by atoms with Gasteiger partial charge in [0.2, 0.25) is 5.91 Å². The van der Waals surface area contributed by atoms with Crippen LogP contribution in [0.4, 0.5) is 5.69 Å². The van der Waals surface area contributed by atoms with Gasteiger partial charge in [0.25, 0.3) is 5.91 Å². The predicted molar refractivity (Wildman–Crippen MR) is 126 cm³/mol. The first-order valence-electron chi connectivity index (χ1n) is 11.5. The number of aryl methyl sites for hydroxylation is 1. The van der Waals surface area contributed by atoms with E-state index in [1.54, 1.807) is 19.2 Å². The van der Waals surface area contributed by atoms with E-state index in [1.807, 2.05) is 21.9 Å². The van der Waals surface area contributed by atoms with Crippen LogP contribution in [0.3, 0.4) is 0 Å². The first-order chi connectivity index (χ1) is 15.5. The quantitative estimate of drug-likeness (QED) is 0.737. The zero-order chi connectivity index (χ0) is 22.7. The Hall–Kier alpha value is -3.02. The normalized spacial score (nSPS) is 21.4. The van der Waals surface area contributed by atoms with Gasteiger partial charge in [0, 0.05) is 44.5 Å². The molecule has 170 valence electrons. The molecule has 2 heterocycles. The third-order valence-electron chi connectivity index (χ3n) is 6.67. The first-order valence-corrected chi connectivity index (χ1v) is 11.5. The third kappa shape index (κ3) is 4.59. The van der Waals surface area contributed by atoms with E-state index in [-0.39, 0.29) is 23.8 Å². The predicted octanol–water partition coefficient (Wildman–Crippen LogP) is 3.59. The van der Waals surface area contributed by atoms with Crippen LogP contribution in [0.25, 0.3) is 0 Å². The van der Waals surface area contributed by atoms with E-state index in [0.29, 0.717) is 37.5 Å². The second-order valence-electron chi connectivity index (χ2n) is 8.96. The molecular weight excluding hydrogens is 402 g/mol. The Bertz CT molecular complexity index is 976. The summed E-state index contributed by atoms with van der Waals surface area (Å²) in [7, 11) is 1.58. The van der Waals surface area contributed by atoms with Gasteiger partial charge in [-0.1, -0.05) is 24.3 Å². The Labute approximate surface area is 190 Å². The van der Waals surface area contributed by atoms with Gasteiger partial charge in [0.15, 0.2) is 0 Å². The van der Waals surface area contributed by atoms with Crippen molar-refractivity contribution in [3.05, 3.63) is 59.7 Å². The number of hydrogen-bond donors (Lipinski definition) is 0. The lowest BCUT2D eigenvalue weighted by atomic mass is 9.95. The molecule has 0 radical (unpaired) electrons. The highest BCUT2D eigenvalue weighted by Crippen LogP contribution is 2.27. The summed E-state index contributed by atoms with van der Waals surface area (Å²) < 4.78 is 5.37. The minimum atomic E-state index is -0.139. The van der Waals surface area contributed by atoms with Crippen LogP contribution in [0.15, 0.2) is 48.5 Å². The molecule has 32 heavy (non-hydrogen) atoms. The van der Waals surface area contributed by atoms with Crippen molar-refractivity contribution in [1.82, 2.24) is 9.80 Å². The van der Waals surface area contributed by atoms with E-state index in [2.05, 4.69) is 43.0 Å². The number of para-hydroxylation sites is 1. The number of ether oxygens (including phenoxy) is 1. The van der Waals surface area contributed by atoms with Gasteiger partial charge in [-0.3, -0.25) is 9.59 Å². The fourth-order valence-electron chi connectivity index (χ4n) is 4.96. The number of piperazine rings is 1. The summed E-state index contributed by atoms with van der Waals surface area (Å²) in [6.07, 6.45) is 1.68. The van der Waals surface area contributed by atoms with Crippen molar-refractivity contribution < 1.29 is 14.3 Å². The lowest BCUT2D eigenvalue weighted by Gasteiger charge is -2.43. The van der Waals surface area contributed by atoms with Crippen molar-refractivity contribution in [3.8, 4) is 5.75 Å². The van der Waals surface area contributed by atoms with Gasteiger partial charge in [0.05, 0.1) is 18.6 Å². The van der Waals surface area contributed by atoms with Crippen LogP contribution >= 0.6 is 0 Å². The number of benzene rings is 2. The minimum absolute atomic E-state index is 0.0578. The average molecular weight is 436 g/mol. The second kappa shape index (κ2) is 9.63. The van der Waals surface area contributed by atoms with Crippen LogP contribution in [0.2, 0.25) is 0 Å². The molecular formula is C26H33N3O3. The van der Waals surface area contributed by atoms with Gasteiger partial charge >= 0.3 is 0 Å². The molecule has 0 aromatic heterocycles. The third-order valence-corrected chi connectivity index (χ3v) is 6.67. The number of amides is 2. The van der Waals surface area contributed by atoms with Crippen molar-refractivity contribution in [3.63, 3.8) is 0 Å². The van der Waals surface area contributed by atoms with E-state index in [1.165, 1.54) is 11.3 Å². The minimum Gasteiger partial charge on any atom is -0.496 e. The topological polar surface area (TPSA) is 53.1 Å². The molecule has 2 aliphatic rings. The van der Waals surface area contributed by atoms with Crippen LogP contribution in [0.1, 0.15) is 35.7 Å². The van der Waals surface area contributed by atoms with Crippen molar-refractivity contribution in [2.24, 2.45) is 5.92 Å². The van der Waals surface area contributed by atoms with E-state index in [9.17, 15) is 9.59 Å². The number of anilines is 1. The fourth-order valence-corrected chi connectivity index (χ4v) is 4.96. The number of piperidine rings is 1.